The van der Waals surface area contributed by atoms with E-state index < -0.39 is 5.82 Å². The number of ether oxygens (including phenoxy) is 1. The zero-order valence-corrected chi connectivity index (χ0v) is 12.1. The third kappa shape index (κ3) is 3.59. The molecule has 0 fully saturated rings. The number of halogens is 1. The van der Waals surface area contributed by atoms with Crippen molar-refractivity contribution in [3.63, 3.8) is 0 Å². The third-order valence-electron chi connectivity index (χ3n) is 3.22. The van der Waals surface area contributed by atoms with E-state index >= 15 is 0 Å². The van der Waals surface area contributed by atoms with Gasteiger partial charge in [-0.3, -0.25) is 0 Å². The highest BCUT2D eigenvalue weighted by Gasteiger charge is 2.10. The van der Waals surface area contributed by atoms with Crippen LogP contribution in [-0.2, 0) is 6.61 Å². The average Bonchev–Trinajstić information content (AvgIpc) is 2.45. The SMILES string of the molecule is Cc1ccc([C@@H](C)N)c(OCc2ccc(C#N)cc2F)c1. The zero-order valence-electron chi connectivity index (χ0n) is 12.1. The van der Waals surface area contributed by atoms with E-state index in [1.54, 1.807) is 12.1 Å². The van der Waals surface area contributed by atoms with E-state index in [1.807, 2.05) is 38.1 Å². The molecule has 0 spiro atoms. The second-order valence-corrected chi connectivity index (χ2v) is 5.04. The van der Waals surface area contributed by atoms with Gasteiger partial charge in [-0.25, -0.2) is 4.39 Å². The van der Waals surface area contributed by atoms with Gasteiger partial charge >= 0.3 is 0 Å². The molecular weight excluding hydrogens is 267 g/mol. The van der Waals surface area contributed by atoms with Gasteiger partial charge in [0.2, 0.25) is 0 Å². The lowest BCUT2D eigenvalue weighted by Gasteiger charge is -2.15. The summed E-state index contributed by atoms with van der Waals surface area (Å²) in [6.45, 7) is 3.93. The predicted octanol–water partition coefficient (Wildman–Crippen LogP) is 3.60. The van der Waals surface area contributed by atoms with Crippen LogP contribution in [0.4, 0.5) is 4.39 Å². The van der Waals surface area contributed by atoms with Crippen molar-refractivity contribution in [2.24, 2.45) is 5.73 Å². The van der Waals surface area contributed by atoms with Crippen LogP contribution < -0.4 is 10.5 Å². The Labute approximate surface area is 123 Å². The van der Waals surface area contributed by atoms with Crippen molar-refractivity contribution in [1.82, 2.24) is 0 Å². The van der Waals surface area contributed by atoms with Crippen LogP contribution in [0.25, 0.3) is 0 Å². The van der Waals surface area contributed by atoms with Gasteiger partial charge in [0.05, 0.1) is 11.6 Å². The van der Waals surface area contributed by atoms with Crippen LogP contribution in [0.1, 0.15) is 35.2 Å². The number of hydrogen-bond acceptors (Lipinski definition) is 3. The molecule has 2 aromatic rings. The first-order valence-electron chi connectivity index (χ1n) is 6.68. The lowest BCUT2D eigenvalue weighted by atomic mass is 10.1. The molecule has 108 valence electrons. The number of nitrogens with two attached hydrogens (primary N) is 1. The number of rotatable bonds is 4. The molecule has 0 aromatic heterocycles. The summed E-state index contributed by atoms with van der Waals surface area (Å²) in [6.07, 6.45) is 0. The maximum atomic E-state index is 13.8. The van der Waals surface area contributed by atoms with Gasteiger partial charge in [0.1, 0.15) is 18.2 Å². The van der Waals surface area contributed by atoms with Crippen molar-refractivity contribution in [2.75, 3.05) is 0 Å². The van der Waals surface area contributed by atoms with Crippen LogP contribution in [-0.4, -0.2) is 0 Å². The molecule has 0 heterocycles. The molecule has 2 N–H and O–H groups in total. The molecule has 0 saturated carbocycles. The van der Waals surface area contributed by atoms with Gasteiger partial charge in [-0.15, -0.1) is 0 Å². The molecule has 0 saturated heterocycles. The van der Waals surface area contributed by atoms with Crippen molar-refractivity contribution >= 4 is 0 Å². The van der Waals surface area contributed by atoms with Gasteiger partial charge in [-0.1, -0.05) is 18.2 Å². The van der Waals surface area contributed by atoms with Gasteiger partial charge in [0.15, 0.2) is 0 Å². The Kier molecular flexibility index (Phi) is 4.56. The van der Waals surface area contributed by atoms with Crippen LogP contribution >= 0.6 is 0 Å². The van der Waals surface area contributed by atoms with Crippen molar-refractivity contribution in [3.8, 4) is 11.8 Å². The lowest BCUT2D eigenvalue weighted by molar-refractivity contribution is 0.295. The molecule has 0 amide bonds. The standard InChI is InChI=1S/C17H17FN2O/c1-11-3-6-15(12(2)20)17(7-11)21-10-14-5-4-13(9-19)8-16(14)18/h3-8,12H,10,20H2,1-2H3/t12-/m1/s1. The Balaban J connectivity index is 2.20. The summed E-state index contributed by atoms with van der Waals surface area (Å²) < 4.78 is 19.5. The van der Waals surface area contributed by atoms with Crippen molar-refractivity contribution < 1.29 is 9.13 Å². The first-order chi connectivity index (χ1) is 10.0. The largest absolute Gasteiger partial charge is 0.488 e. The minimum atomic E-state index is -0.441. The first kappa shape index (κ1) is 15.0. The van der Waals surface area contributed by atoms with E-state index in [0.717, 1.165) is 11.1 Å². The molecule has 2 aromatic carbocycles. The molecule has 21 heavy (non-hydrogen) atoms. The minimum Gasteiger partial charge on any atom is -0.488 e. The predicted molar refractivity (Wildman–Crippen MR) is 79.2 cm³/mol. The Hall–Kier alpha value is -2.38. The van der Waals surface area contributed by atoms with Gasteiger partial charge < -0.3 is 10.5 Å². The van der Waals surface area contributed by atoms with E-state index in [4.69, 9.17) is 15.7 Å². The monoisotopic (exact) mass is 284 g/mol. The van der Waals surface area contributed by atoms with Crippen molar-refractivity contribution in [2.45, 2.75) is 26.5 Å². The molecule has 0 aliphatic rings. The van der Waals surface area contributed by atoms with Crippen molar-refractivity contribution in [1.29, 1.82) is 5.26 Å². The Morgan fingerprint density at radius 2 is 2.05 bits per heavy atom. The molecule has 0 unspecified atom stereocenters. The summed E-state index contributed by atoms with van der Waals surface area (Å²) in [7, 11) is 0. The molecule has 0 radical (unpaired) electrons. The van der Waals surface area contributed by atoms with Crippen LogP contribution in [0.15, 0.2) is 36.4 Å². The maximum absolute atomic E-state index is 13.8. The minimum absolute atomic E-state index is 0.0979. The summed E-state index contributed by atoms with van der Waals surface area (Å²) in [5.74, 6) is 0.220. The highest BCUT2D eigenvalue weighted by atomic mass is 19.1. The lowest BCUT2D eigenvalue weighted by Crippen LogP contribution is -2.08. The van der Waals surface area contributed by atoms with Crippen LogP contribution in [0.5, 0.6) is 5.75 Å². The molecule has 0 aliphatic heterocycles. The van der Waals surface area contributed by atoms with E-state index in [0.29, 0.717) is 16.9 Å². The highest BCUT2D eigenvalue weighted by Crippen LogP contribution is 2.26. The van der Waals surface area contributed by atoms with Gasteiger partial charge in [0, 0.05) is 17.2 Å². The van der Waals surface area contributed by atoms with Crippen LogP contribution in [0.3, 0.4) is 0 Å². The summed E-state index contributed by atoms with van der Waals surface area (Å²) in [5, 5.41) is 8.73. The summed E-state index contributed by atoms with van der Waals surface area (Å²) in [4.78, 5) is 0. The van der Waals surface area contributed by atoms with Crippen LogP contribution in [0.2, 0.25) is 0 Å². The number of hydrogen-bond donors (Lipinski definition) is 1. The fraction of sp³-hybridized carbons (Fsp3) is 0.235. The smallest absolute Gasteiger partial charge is 0.131 e. The second kappa shape index (κ2) is 6.38. The van der Waals surface area contributed by atoms with E-state index in [2.05, 4.69) is 0 Å². The highest BCUT2D eigenvalue weighted by molar-refractivity contribution is 5.39. The van der Waals surface area contributed by atoms with E-state index in [9.17, 15) is 4.39 Å². The molecule has 0 bridgehead atoms. The normalized spacial score (nSPS) is 11.8. The molecule has 4 heteroatoms. The fourth-order valence-corrected chi connectivity index (χ4v) is 2.03. The zero-order chi connectivity index (χ0) is 15.4. The fourth-order valence-electron chi connectivity index (χ4n) is 2.03. The molecule has 3 nitrogen and oxygen atoms in total. The Morgan fingerprint density at radius 1 is 1.29 bits per heavy atom. The summed E-state index contributed by atoms with van der Waals surface area (Å²) in [5.41, 5.74) is 8.55. The summed E-state index contributed by atoms with van der Waals surface area (Å²) in [6, 6.07) is 11.9. The average molecular weight is 284 g/mol. The van der Waals surface area contributed by atoms with E-state index in [1.165, 1.54) is 6.07 Å². The third-order valence-corrected chi connectivity index (χ3v) is 3.22. The number of nitrogens with zero attached hydrogens (tertiary/aromatic N) is 1. The van der Waals surface area contributed by atoms with Crippen LogP contribution in [0, 0.1) is 24.1 Å². The molecule has 2 rings (SSSR count). The van der Waals surface area contributed by atoms with E-state index in [-0.39, 0.29) is 12.6 Å². The van der Waals surface area contributed by atoms with Gasteiger partial charge in [0.25, 0.3) is 0 Å². The molecule has 0 aliphatic carbocycles. The van der Waals surface area contributed by atoms with Crippen molar-refractivity contribution in [3.05, 3.63) is 64.5 Å². The number of aryl methyl sites for hydroxylation is 1. The first-order valence-corrected chi connectivity index (χ1v) is 6.68. The Bertz CT molecular complexity index is 690. The Morgan fingerprint density at radius 3 is 2.67 bits per heavy atom. The van der Waals surface area contributed by atoms with Gasteiger partial charge in [-0.05, 0) is 37.6 Å². The topological polar surface area (TPSA) is 59.0 Å². The molecule has 1 atom stereocenters. The number of nitriles is 1. The second-order valence-electron chi connectivity index (χ2n) is 5.04. The maximum Gasteiger partial charge on any atom is 0.131 e. The quantitative estimate of drug-likeness (QED) is 0.933. The number of benzene rings is 2. The summed E-state index contributed by atoms with van der Waals surface area (Å²) >= 11 is 0. The van der Waals surface area contributed by atoms with Gasteiger partial charge in [-0.2, -0.15) is 5.26 Å². The molecular formula is C17H17FN2O.